The first-order valence-electron chi connectivity index (χ1n) is 7.77. The molecule has 1 aromatic rings. The van der Waals surface area contributed by atoms with Crippen molar-refractivity contribution in [2.45, 2.75) is 33.1 Å². The lowest BCUT2D eigenvalue weighted by Gasteiger charge is -2.20. The van der Waals surface area contributed by atoms with Crippen LogP contribution in [0.1, 0.15) is 33.1 Å². The van der Waals surface area contributed by atoms with E-state index in [2.05, 4.69) is 23.7 Å². The van der Waals surface area contributed by atoms with Gasteiger partial charge in [-0.15, -0.1) is 0 Å². The predicted molar refractivity (Wildman–Crippen MR) is 82.0 cm³/mol. The molecule has 20 heavy (non-hydrogen) atoms. The number of nitrogens with zero attached hydrogens (tertiary/aromatic N) is 2. The molecule has 0 amide bonds. The lowest BCUT2D eigenvalue weighted by atomic mass is 10.0. The number of ether oxygens (including phenoxy) is 1. The monoisotopic (exact) mass is 275 g/mol. The van der Waals surface area contributed by atoms with E-state index < -0.39 is 0 Å². The fourth-order valence-corrected chi connectivity index (χ4v) is 3.40. The number of hydrogen-bond acceptors (Lipinski definition) is 4. The number of nitrogens with two attached hydrogens (primary N) is 1. The maximum absolute atomic E-state index is 5.96. The molecule has 0 bridgehead atoms. The first kappa shape index (κ1) is 13.5. The van der Waals surface area contributed by atoms with E-state index in [-0.39, 0.29) is 0 Å². The number of rotatable bonds is 4. The third kappa shape index (κ3) is 2.69. The molecule has 0 spiro atoms. The molecule has 110 valence electrons. The summed E-state index contributed by atoms with van der Waals surface area (Å²) in [5, 5.41) is 0. The Kier molecular flexibility index (Phi) is 3.72. The molecule has 2 atom stereocenters. The highest BCUT2D eigenvalue weighted by Gasteiger charge is 2.36. The predicted octanol–water partition coefficient (Wildman–Crippen LogP) is 2.93. The minimum atomic E-state index is 0.478. The standard InChI is InChI=1S/C16H25N3O/c1-11(2)10-20-16-14(17)6-7-15(18-16)19-8-12-4-3-5-13(12)9-19/h6-7,11-13H,3-5,8-10,17H2,1-2H3. The van der Waals surface area contributed by atoms with Crippen molar-refractivity contribution in [2.75, 3.05) is 30.3 Å². The second-order valence-corrected chi connectivity index (χ2v) is 6.62. The zero-order valence-electron chi connectivity index (χ0n) is 12.5. The van der Waals surface area contributed by atoms with Gasteiger partial charge >= 0.3 is 0 Å². The minimum absolute atomic E-state index is 0.478. The topological polar surface area (TPSA) is 51.4 Å². The summed E-state index contributed by atoms with van der Waals surface area (Å²) in [6.45, 7) is 7.20. The molecule has 1 saturated carbocycles. The summed E-state index contributed by atoms with van der Waals surface area (Å²) in [7, 11) is 0. The van der Waals surface area contributed by atoms with Crippen molar-refractivity contribution >= 4 is 11.5 Å². The molecule has 2 aliphatic rings. The van der Waals surface area contributed by atoms with Crippen LogP contribution in [0.5, 0.6) is 5.88 Å². The van der Waals surface area contributed by atoms with Crippen molar-refractivity contribution in [3.63, 3.8) is 0 Å². The Balaban J connectivity index is 1.72. The van der Waals surface area contributed by atoms with Gasteiger partial charge in [-0.1, -0.05) is 20.3 Å². The lowest BCUT2D eigenvalue weighted by molar-refractivity contribution is 0.263. The van der Waals surface area contributed by atoms with Crippen molar-refractivity contribution in [3.05, 3.63) is 12.1 Å². The van der Waals surface area contributed by atoms with Crippen molar-refractivity contribution in [3.8, 4) is 5.88 Å². The van der Waals surface area contributed by atoms with E-state index in [4.69, 9.17) is 10.5 Å². The first-order valence-corrected chi connectivity index (χ1v) is 7.77. The molecule has 1 saturated heterocycles. The third-order valence-corrected chi connectivity index (χ3v) is 4.48. The minimum Gasteiger partial charge on any atom is -0.476 e. The Morgan fingerprint density at radius 1 is 1.30 bits per heavy atom. The van der Waals surface area contributed by atoms with Crippen LogP contribution in [-0.2, 0) is 0 Å². The second-order valence-electron chi connectivity index (χ2n) is 6.62. The molecule has 1 aliphatic heterocycles. The van der Waals surface area contributed by atoms with Crippen LogP contribution in [0, 0.1) is 17.8 Å². The fraction of sp³-hybridized carbons (Fsp3) is 0.688. The van der Waals surface area contributed by atoms with Crippen molar-refractivity contribution in [2.24, 2.45) is 17.8 Å². The number of aromatic nitrogens is 1. The van der Waals surface area contributed by atoms with E-state index in [0.717, 1.165) is 30.7 Å². The van der Waals surface area contributed by atoms with Crippen LogP contribution in [0.15, 0.2) is 12.1 Å². The highest BCUT2D eigenvalue weighted by Crippen LogP contribution is 2.39. The van der Waals surface area contributed by atoms with Gasteiger partial charge in [-0.25, -0.2) is 0 Å². The summed E-state index contributed by atoms with van der Waals surface area (Å²) >= 11 is 0. The van der Waals surface area contributed by atoms with Gasteiger partial charge in [-0.2, -0.15) is 4.98 Å². The summed E-state index contributed by atoms with van der Waals surface area (Å²) in [4.78, 5) is 7.03. The molecular formula is C16H25N3O. The van der Waals surface area contributed by atoms with Gasteiger partial charge in [0.2, 0.25) is 5.88 Å². The van der Waals surface area contributed by atoms with Crippen LogP contribution in [0.2, 0.25) is 0 Å². The molecule has 1 aromatic heterocycles. The SMILES string of the molecule is CC(C)COc1nc(N2CC3CCCC3C2)ccc1N. The highest BCUT2D eigenvalue weighted by atomic mass is 16.5. The number of anilines is 2. The van der Waals surface area contributed by atoms with Crippen molar-refractivity contribution in [1.82, 2.24) is 4.98 Å². The zero-order valence-corrected chi connectivity index (χ0v) is 12.5. The van der Waals surface area contributed by atoms with E-state index in [9.17, 15) is 0 Å². The van der Waals surface area contributed by atoms with E-state index in [1.54, 1.807) is 0 Å². The van der Waals surface area contributed by atoms with Gasteiger partial charge < -0.3 is 15.4 Å². The van der Waals surface area contributed by atoms with E-state index in [1.807, 2.05) is 12.1 Å². The van der Waals surface area contributed by atoms with Gasteiger partial charge in [-0.3, -0.25) is 0 Å². The van der Waals surface area contributed by atoms with Crippen LogP contribution in [0.3, 0.4) is 0 Å². The molecule has 2 fully saturated rings. The van der Waals surface area contributed by atoms with Crippen LogP contribution < -0.4 is 15.4 Å². The van der Waals surface area contributed by atoms with Crippen LogP contribution >= 0.6 is 0 Å². The van der Waals surface area contributed by atoms with E-state index >= 15 is 0 Å². The Bertz CT molecular complexity index is 463. The lowest BCUT2D eigenvalue weighted by Crippen LogP contribution is -2.22. The van der Waals surface area contributed by atoms with Crippen LogP contribution in [0.4, 0.5) is 11.5 Å². The molecular weight excluding hydrogens is 250 g/mol. The molecule has 2 heterocycles. The highest BCUT2D eigenvalue weighted by molar-refractivity contribution is 5.55. The average Bonchev–Trinajstić information content (AvgIpc) is 2.98. The van der Waals surface area contributed by atoms with E-state index in [0.29, 0.717) is 24.1 Å². The Morgan fingerprint density at radius 3 is 2.65 bits per heavy atom. The summed E-state index contributed by atoms with van der Waals surface area (Å²) in [5.41, 5.74) is 6.59. The largest absolute Gasteiger partial charge is 0.476 e. The summed E-state index contributed by atoms with van der Waals surface area (Å²) in [5.74, 6) is 3.83. The molecule has 4 nitrogen and oxygen atoms in total. The number of nitrogen functional groups attached to an aromatic ring is 1. The molecule has 4 heteroatoms. The summed E-state index contributed by atoms with van der Waals surface area (Å²) in [6, 6.07) is 3.95. The van der Waals surface area contributed by atoms with Crippen LogP contribution in [-0.4, -0.2) is 24.7 Å². The number of fused-ring (bicyclic) bond motifs is 1. The van der Waals surface area contributed by atoms with Gasteiger partial charge in [0, 0.05) is 13.1 Å². The molecule has 3 rings (SSSR count). The first-order chi connectivity index (χ1) is 9.63. The molecule has 0 radical (unpaired) electrons. The van der Waals surface area contributed by atoms with Gasteiger partial charge in [-0.05, 0) is 42.7 Å². The Labute approximate surface area is 121 Å². The fourth-order valence-electron chi connectivity index (χ4n) is 3.40. The molecule has 0 aromatic carbocycles. The van der Waals surface area contributed by atoms with Gasteiger partial charge in [0.05, 0.1) is 12.3 Å². The molecule has 2 N–H and O–H groups in total. The summed E-state index contributed by atoms with van der Waals surface area (Å²) in [6.07, 6.45) is 4.17. The summed E-state index contributed by atoms with van der Waals surface area (Å²) < 4.78 is 5.73. The van der Waals surface area contributed by atoms with Gasteiger partial charge in [0.1, 0.15) is 5.82 Å². The third-order valence-electron chi connectivity index (χ3n) is 4.48. The second kappa shape index (κ2) is 5.51. The van der Waals surface area contributed by atoms with Gasteiger partial charge in [0.25, 0.3) is 0 Å². The van der Waals surface area contributed by atoms with E-state index in [1.165, 1.54) is 19.3 Å². The molecule has 2 unspecified atom stereocenters. The van der Waals surface area contributed by atoms with Gasteiger partial charge in [0.15, 0.2) is 0 Å². The van der Waals surface area contributed by atoms with Crippen molar-refractivity contribution < 1.29 is 4.74 Å². The maximum atomic E-state index is 5.96. The zero-order chi connectivity index (χ0) is 14.1. The Hall–Kier alpha value is -1.45. The number of hydrogen-bond donors (Lipinski definition) is 1. The number of pyridine rings is 1. The van der Waals surface area contributed by atoms with Crippen LogP contribution in [0.25, 0.3) is 0 Å². The van der Waals surface area contributed by atoms with Crippen molar-refractivity contribution in [1.29, 1.82) is 0 Å². The Morgan fingerprint density at radius 2 is 2.00 bits per heavy atom. The quantitative estimate of drug-likeness (QED) is 0.918. The average molecular weight is 275 g/mol. The normalized spacial score (nSPS) is 25.2. The maximum Gasteiger partial charge on any atom is 0.239 e. The molecule has 1 aliphatic carbocycles. The smallest absolute Gasteiger partial charge is 0.239 e.